The van der Waals surface area contributed by atoms with Gasteiger partial charge in [-0.1, -0.05) is 18.2 Å². The maximum absolute atomic E-state index is 13.3. The van der Waals surface area contributed by atoms with Crippen LogP contribution in [0.4, 0.5) is 4.39 Å². The minimum atomic E-state index is -0.415. The number of hydrogen-bond donors (Lipinski definition) is 1. The molecular weight excluding hydrogens is 403 g/mol. The number of benzene rings is 2. The molecular formula is C22H23FN4O2S. The van der Waals surface area contributed by atoms with Gasteiger partial charge in [0.1, 0.15) is 5.82 Å². The first kappa shape index (κ1) is 20.4. The van der Waals surface area contributed by atoms with Crippen molar-refractivity contribution in [3.63, 3.8) is 0 Å². The van der Waals surface area contributed by atoms with Gasteiger partial charge in [0, 0.05) is 44.7 Å². The van der Waals surface area contributed by atoms with Crippen LogP contribution < -0.4 is 5.32 Å². The monoisotopic (exact) mass is 426 g/mol. The number of carbonyl (C=O) groups is 2. The second kappa shape index (κ2) is 9.32. The van der Waals surface area contributed by atoms with Gasteiger partial charge < -0.3 is 10.2 Å². The summed E-state index contributed by atoms with van der Waals surface area (Å²) in [5.74, 6) is -0.613. The number of thiazole rings is 1. The molecule has 1 aliphatic heterocycles. The highest BCUT2D eigenvalue weighted by Crippen LogP contribution is 2.21. The van der Waals surface area contributed by atoms with E-state index in [0.29, 0.717) is 51.3 Å². The van der Waals surface area contributed by atoms with Gasteiger partial charge in [0.2, 0.25) is 5.91 Å². The van der Waals surface area contributed by atoms with Crippen molar-refractivity contribution in [2.75, 3.05) is 39.3 Å². The number of amides is 2. The Morgan fingerprint density at radius 2 is 1.87 bits per heavy atom. The Bertz CT molecular complexity index is 1010. The number of hydrogen-bond acceptors (Lipinski definition) is 5. The number of aromatic nitrogens is 1. The van der Waals surface area contributed by atoms with Crippen LogP contribution in [-0.4, -0.2) is 65.9 Å². The Balaban J connectivity index is 1.19. The van der Waals surface area contributed by atoms with E-state index in [1.807, 2.05) is 29.2 Å². The van der Waals surface area contributed by atoms with Gasteiger partial charge in [0.25, 0.3) is 5.91 Å². The lowest BCUT2D eigenvalue weighted by Gasteiger charge is -2.34. The van der Waals surface area contributed by atoms with Crippen LogP contribution in [0.2, 0.25) is 0 Å². The quantitative estimate of drug-likeness (QED) is 0.658. The summed E-state index contributed by atoms with van der Waals surface area (Å²) in [7, 11) is 0. The van der Waals surface area contributed by atoms with E-state index in [4.69, 9.17) is 0 Å². The first-order valence-electron chi connectivity index (χ1n) is 9.97. The summed E-state index contributed by atoms with van der Waals surface area (Å²) in [6.45, 7) is 3.14. The standard InChI is InChI=1S/C22H23FN4O2S/c23-17-5-3-4-16(14-17)22(29)27-12-10-26(11-13-27)15-20(28)24-9-8-21-25-18-6-1-2-7-19(18)30-21/h1-7,14H,8-13,15H2,(H,24,28). The van der Waals surface area contributed by atoms with Crippen molar-refractivity contribution in [3.05, 3.63) is 64.9 Å². The molecule has 1 saturated heterocycles. The Hall–Kier alpha value is -2.84. The molecule has 4 rings (SSSR count). The molecule has 2 heterocycles. The van der Waals surface area contributed by atoms with Crippen molar-refractivity contribution in [2.45, 2.75) is 6.42 Å². The molecule has 1 fully saturated rings. The van der Waals surface area contributed by atoms with E-state index in [2.05, 4.69) is 10.3 Å². The first-order chi connectivity index (χ1) is 14.6. The molecule has 156 valence electrons. The van der Waals surface area contributed by atoms with Gasteiger partial charge in [-0.2, -0.15) is 0 Å². The van der Waals surface area contributed by atoms with Crippen LogP contribution in [0.25, 0.3) is 10.2 Å². The molecule has 0 saturated carbocycles. The highest BCUT2D eigenvalue weighted by molar-refractivity contribution is 7.18. The Kier molecular flexibility index (Phi) is 6.35. The zero-order valence-electron chi connectivity index (χ0n) is 16.5. The molecule has 1 aromatic heterocycles. The number of carbonyl (C=O) groups excluding carboxylic acids is 2. The van der Waals surface area contributed by atoms with Gasteiger partial charge in [-0.15, -0.1) is 11.3 Å². The summed E-state index contributed by atoms with van der Waals surface area (Å²) in [6, 6.07) is 13.8. The zero-order valence-corrected chi connectivity index (χ0v) is 17.3. The van der Waals surface area contributed by atoms with Gasteiger partial charge in [-0.3, -0.25) is 14.5 Å². The van der Waals surface area contributed by atoms with E-state index in [1.54, 1.807) is 22.3 Å². The smallest absolute Gasteiger partial charge is 0.254 e. The average molecular weight is 427 g/mol. The molecule has 8 heteroatoms. The second-order valence-electron chi connectivity index (χ2n) is 7.25. The molecule has 30 heavy (non-hydrogen) atoms. The minimum Gasteiger partial charge on any atom is -0.355 e. The largest absolute Gasteiger partial charge is 0.355 e. The summed E-state index contributed by atoms with van der Waals surface area (Å²) in [5, 5.41) is 3.97. The molecule has 1 aliphatic rings. The highest BCUT2D eigenvalue weighted by Gasteiger charge is 2.23. The highest BCUT2D eigenvalue weighted by atomic mass is 32.1. The number of para-hydroxylation sites is 1. The van der Waals surface area contributed by atoms with Crippen LogP contribution in [0.15, 0.2) is 48.5 Å². The molecule has 1 N–H and O–H groups in total. The Morgan fingerprint density at radius 1 is 1.07 bits per heavy atom. The number of halogens is 1. The predicted molar refractivity (Wildman–Crippen MR) is 115 cm³/mol. The molecule has 3 aromatic rings. The maximum atomic E-state index is 13.3. The molecule has 0 unspecified atom stereocenters. The zero-order chi connectivity index (χ0) is 20.9. The van der Waals surface area contributed by atoms with Crippen LogP contribution in [0.3, 0.4) is 0 Å². The van der Waals surface area contributed by atoms with Crippen molar-refractivity contribution in [3.8, 4) is 0 Å². The topological polar surface area (TPSA) is 65.5 Å². The SMILES string of the molecule is O=C(CN1CCN(C(=O)c2cccc(F)c2)CC1)NCCc1nc2ccccc2s1. The van der Waals surface area contributed by atoms with Crippen LogP contribution in [0.1, 0.15) is 15.4 Å². The molecule has 0 bridgehead atoms. The summed E-state index contributed by atoms with van der Waals surface area (Å²) >= 11 is 1.65. The molecule has 0 atom stereocenters. The van der Waals surface area contributed by atoms with Gasteiger partial charge in [0.05, 0.1) is 21.8 Å². The summed E-state index contributed by atoms with van der Waals surface area (Å²) in [4.78, 5) is 33.0. The third-order valence-electron chi connectivity index (χ3n) is 5.10. The number of piperazine rings is 1. The Labute approximate surface area is 178 Å². The summed E-state index contributed by atoms with van der Waals surface area (Å²) < 4.78 is 14.5. The van der Waals surface area contributed by atoms with Gasteiger partial charge in [-0.05, 0) is 30.3 Å². The molecule has 0 radical (unpaired) electrons. The number of rotatable bonds is 6. The number of nitrogens with zero attached hydrogens (tertiary/aromatic N) is 3. The van der Waals surface area contributed by atoms with Crippen LogP contribution >= 0.6 is 11.3 Å². The van der Waals surface area contributed by atoms with Gasteiger partial charge in [0.15, 0.2) is 0 Å². The lowest BCUT2D eigenvalue weighted by molar-refractivity contribution is -0.122. The number of fused-ring (bicyclic) bond motifs is 1. The lowest BCUT2D eigenvalue weighted by atomic mass is 10.1. The van der Waals surface area contributed by atoms with Crippen molar-refractivity contribution < 1.29 is 14.0 Å². The second-order valence-corrected chi connectivity index (χ2v) is 8.37. The van der Waals surface area contributed by atoms with E-state index >= 15 is 0 Å². The first-order valence-corrected chi connectivity index (χ1v) is 10.8. The van der Waals surface area contributed by atoms with Crippen molar-refractivity contribution >= 4 is 33.4 Å². The number of nitrogens with one attached hydrogen (secondary N) is 1. The van der Waals surface area contributed by atoms with E-state index in [1.165, 1.54) is 18.2 Å². The summed E-state index contributed by atoms with van der Waals surface area (Å²) in [6.07, 6.45) is 0.709. The van der Waals surface area contributed by atoms with E-state index < -0.39 is 5.82 Å². The van der Waals surface area contributed by atoms with Crippen LogP contribution in [-0.2, 0) is 11.2 Å². The van der Waals surface area contributed by atoms with Gasteiger partial charge >= 0.3 is 0 Å². The molecule has 2 aromatic carbocycles. The third-order valence-corrected chi connectivity index (χ3v) is 6.19. The fraction of sp³-hybridized carbons (Fsp3) is 0.318. The molecule has 0 spiro atoms. The van der Waals surface area contributed by atoms with Crippen molar-refractivity contribution in [1.29, 1.82) is 0 Å². The van der Waals surface area contributed by atoms with E-state index in [-0.39, 0.29) is 11.8 Å². The summed E-state index contributed by atoms with van der Waals surface area (Å²) in [5.41, 5.74) is 1.35. The van der Waals surface area contributed by atoms with Gasteiger partial charge in [-0.25, -0.2) is 9.37 Å². The lowest BCUT2D eigenvalue weighted by Crippen LogP contribution is -2.51. The van der Waals surface area contributed by atoms with Crippen LogP contribution in [0, 0.1) is 5.82 Å². The third kappa shape index (κ3) is 5.01. The normalized spacial score (nSPS) is 14.8. The Morgan fingerprint density at radius 3 is 2.63 bits per heavy atom. The maximum Gasteiger partial charge on any atom is 0.254 e. The van der Waals surface area contributed by atoms with E-state index in [0.717, 1.165) is 15.2 Å². The molecule has 2 amide bonds. The predicted octanol–water partition coefficient (Wildman–Crippen LogP) is 2.55. The molecule has 0 aliphatic carbocycles. The average Bonchev–Trinajstić information content (AvgIpc) is 3.16. The minimum absolute atomic E-state index is 0.0268. The van der Waals surface area contributed by atoms with Crippen molar-refractivity contribution in [2.24, 2.45) is 0 Å². The van der Waals surface area contributed by atoms with Crippen LogP contribution in [0.5, 0.6) is 0 Å². The fourth-order valence-corrected chi connectivity index (χ4v) is 4.47. The molecule has 6 nitrogen and oxygen atoms in total. The fourth-order valence-electron chi connectivity index (χ4n) is 3.51. The van der Waals surface area contributed by atoms with E-state index in [9.17, 15) is 14.0 Å². The van der Waals surface area contributed by atoms with Crippen molar-refractivity contribution in [1.82, 2.24) is 20.1 Å².